The molecule has 110 valence electrons. The van der Waals surface area contributed by atoms with E-state index in [9.17, 15) is 4.79 Å². The van der Waals surface area contributed by atoms with Crippen molar-refractivity contribution < 1.29 is 9.53 Å². The normalized spacial score (nSPS) is 18.9. The first-order valence-electron chi connectivity index (χ1n) is 7.38. The minimum atomic E-state index is 0.157. The van der Waals surface area contributed by atoms with Gasteiger partial charge in [-0.2, -0.15) is 0 Å². The van der Waals surface area contributed by atoms with Gasteiger partial charge < -0.3 is 15.0 Å². The molecular weight excluding hydrogens is 252 g/mol. The fourth-order valence-electron chi connectivity index (χ4n) is 2.64. The number of carbonyl (C=O) groups excluding carboxylic acids is 1. The monoisotopic (exact) mass is 276 g/mol. The maximum Gasteiger partial charge on any atom is 0.220 e. The lowest BCUT2D eigenvalue weighted by atomic mass is 10.1. The van der Waals surface area contributed by atoms with Crippen LogP contribution in [-0.2, 0) is 4.79 Å². The molecule has 1 aromatic rings. The highest BCUT2D eigenvalue weighted by Gasteiger charge is 2.23. The van der Waals surface area contributed by atoms with Crippen molar-refractivity contribution in [3.05, 3.63) is 30.3 Å². The molecule has 0 radical (unpaired) electrons. The lowest BCUT2D eigenvalue weighted by molar-refractivity contribution is -0.121. The van der Waals surface area contributed by atoms with Crippen LogP contribution < -0.4 is 10.1 Å². The number of carbonyl (C=O) groups is 1. The van der Waals surface area contributed by atoms with E-state index in [-0.39, 0.29) is 5.91 Å². The summed E-state index contributed by atoms with van der Waals surface area (Å²) in [4.78, 5) is 13.8. The molecule has 1 amide bonds. The van der Waals surface area contributed by atoms with Crippen molar-refractivity contribution in [2.24, 2.45) is 5.92 Å². The maximum atomic E-state index is 11.3. The number of amides is 1. The maximum absolute atomic E-state index is 11.3. The van der Waals surface area contributed by atoms with E-state index in [0.29, 0.717) is 12.3 Å². The van der Waals surface area contributed by atoms with E-state index in [4.69, 9.17) is 4.74 Å². The smallest absolute Gasteiger partial charge is 0.220 e. The van der Waals surface area contributed by atoms with Gasteiger partial charge in [-0.1, -0.05) is 18.2 Å². The first kappa shape index (κ1) is 14.9. The molecule has 0 bridgehead atoms. The Balaban J connectivity index is 1.58. The zero-order chi connectivity index (χ0) is 14.2. The van der Waals surface area contributed by atoms with E-state index < -0.39 is 0 Å². The van der Waals surface area contributed by atoms with Crippen molar-refractivity contribution in [1.29, 1.82) is 0 Å². The summed E-state index contributed by atoms with van der Waals surface area (Å²) in [7, 11) is 1.70. The lowest BCUT2D eigenvalue weighted by Gasteiger charge is -2.16. The highest BCUT2D eigenvalue weighted by atomic mass is 16.5. The molecule has 4 nitrogen and oxygen atoms in total. The molecule has 0 spiro atoms. The molecule has 0 saturated carbocycles. The van der Waals surface area contributed by atoms with Gasteiger partial charge >= 0.3 is 0 Å². The number of hydrogen-bond donors (Lipinski definition) is 1. The zero-order valence-corrected chi connectivity index (χ0v) is 12.2. The lowest BCUT2D eigenvalue weighted by Crippen LogP contribution is -2.25. The Morgan fingerprint density at radius 3 is 2.95 bits per heavy atom. The van der Waals surface area contributed by atoms with E-state index >= 15 is 0 Å². The van der Waals surface area contributed by atoms with Crippen molar-refractivity contribution in [2.45, 2.75) is 19.3 Å². The van der Waals surface area contributed by atoms with Gasteiger partial charge in [-0.15, -0.1) is 0 Å². The fraction of sp³-hybridized carbons (Fsp3) is 0.562. The number of ether oxygens (including phenoxy) is 1. The molecule has 4 heteroatoms. The molecule has 1 aliphatic rings. The van der Waals surface area contributed by atoms with Crippen LogP contribution in [0.25, 0.3) is 0 Å². The third kappa shape index (κ3) is 4.85. The second kappa shape index (κ2) is 7.90. The van der Waals surface area contributed by atoms with E-state index in [1.165, 1.54) is 0 Å². The standard InChI is InChI=1S/C16H24N2O2/c1-17-16(19)12-14-8-10-18(13-14)9-5-11-20-15-6-3-2-4-7-15/h2-4,6-7,14H,5,8-13H2,1H3,(H,17,19). The van der Waals surface area contributed by atoms with Crippen LogP contribution in [-0.4, -0.2) is 44.1 Å². The van der Waals surface area contributed by atoms with Gasteiger partial charge in [0, 0.05) is 26.6 Å². The number of para-hydroxylation sites is 1. The molecule has 1 unspecified atom stereocenters. The van der Waals surface area contributed by atoms with Gasteiger partial charge in [0.05, 0.1) is 6.61 Å². The van der Waals surface area contributed by atoms with Crippen molar-refractivity contribution in [1.82, 2.24) is 10.2 Å². The molecule has 1 aliphatic heterocycles. The Labute approximate surface area is 121 Å². The Kier molecular flexibility index (Phi) is 5.87. The molecule has 0 aliphatic carbocycles. The van der Waals surface area contributed by atoms with Crippen LogP contribution in [0.3, 0.4) is 0 Å². The predicted octanol–water partition coefficient (Wildman–Crippen LogP) is 1.91. The average Bonchev–Trinajstić information content (AvgIpc) is 2.92. The molecule has 1 atom stereocenters. The van der Waals surface area contributed by atoms with Crippen molar-refractivity contribution in [2.75, 3.05) is 33.3 Å². The third-order valence-corrected chi connectivity index (χ3v) is 3.75. The number of benzene rings is 1. The number of rotatable bonds is 7. The summed E-state index contributed by atoms with van der Waals surface area (Å²) in [6.45, 7) is 3.95. The SMILES string of the molecule is CNC(=O)CC1CCN(CCCOc2ccccc2)C1. The van der Waals surface area contributed by atoms with E-state index in [1.807, 2.05) is 30.3 Å². The number of nitrogens with one attached hydrogen (secondary N) is 1. The first-order chi connectivity index (χ1) is 9.78. The molecule has 0 aromatic heterocycles. The van der Waals surface area contributed by atoms with Crippen LogP contribution in [0.1, 0.15) is 19.3 Å². The topological polar surface area (TPSA) is 41.6 Å². The minimum Gasteiger partial charge on any atom is -0.494 e. The molecule has 1 saturated heterocycles. The van der Waals surface area contributed by atoms with E-state index in [1.54, 1.807) is 7.05 Å². The summed E-state index contributed by atoms with van der Waals surface area (Å²) in [6.07, 6.45) is 2.82. The molecule has 1 heterocycles. The van der Waals surface area contributed by atoms with Crippen molar-refractivity contribution >= 4 is 5.91 Å². The summed E-state index contributed by atoms with van der Waals surface area (Å²) in [5.74, 6) is 1.61. The average molecular weight is 276 g/mol. The van der Waals surface area contributed by atoms with Crippen LogP contribution in [0, 0.1) is 5.92 Å². The Morgan fingerprint density at radius 1 is 1.40 bits per heavy atom. The summed E-state index contributed by atoms with van der Waals surface area (Å²) < 4.78 is 5.68. The predicted molar refractivity (Wildman–Crippen MR) is 79.8 cm³/mol. The van der Waals surface area contributed by atoms with Crippen molar-refractivity contribution in [3.8, 4) is 5.75 Å². The molecule has 1 fully saturated rings. The highest BCUT2D eigenvalue weighted by molar-refractivity contribution is 5.75. The summed E-state index contributed by atoms with van der Waals surface area (Å²) in [5.41, 5.74) is 0. The molecule has 2 rings (SSSR count). The van der Waals surface area contributed by atoms with Gasteiger partial charge in [-0.3, -0.25) is 4.79 Å². The largest absolute Gasteiger partial charge is 0.494 e. The molecule has 1 aromatic carbocycles. The van der Waals surface area contributed by atoms with Gasteiger partial charge in [-0.25, -0.2) is 0 Å². The van der Waals surface area contributed by atoms with Gasteiger partial charge in [0.15, 0.2) is 0 Å². The third-order valence-electron chi connectivity index (χ3n) is 3.75. The van der Waals surface area contributed by atoms with Crippen molar-refractivity contribution in [3.63, 3.8) is 0 Å². The van der Waals surface area contributed by atoms with E-state index in [2.05, 4.69) is 10.2 Å². The molecule has 1 N–H and O–H groups in total. The second-order valence-electron chi connectivity index (χ2n) is 5.35. The van der Waals surface area contributed by atoms with Gasteiger partial charge in [-0.05, 0) is 37.4 Å². The van der Waals surface area contributed by atoms with Crippen LogP contribution in [0.5, 0.6) is 5.75 Å². The number of nitrogens with zero attached hydrogens (tertiary/aromatic N) is 1. The van der Waals surface area contributed by atoms with Crippen LogP contribution in [0.4, 0.5) is 0 Å². The van der Waals surface area contributed by atoms with Gasteiger partial charge in [0.1, 0.15) is 5.75 Å². The Morgan fingerprint density at radius 2 is 2.20 bits per heavy atom. The van der Waals surface area contributed by atoms with Crippen LogP contribution in [0.2, 0.25) is 0 Å². The summed E-state index contributed by atoms with van der Waals surface area (Å²) in [5, 5.41) is 2.70. The van der Waals surface area contributed by atoms with Gasteiger partial charge in [0.25, 0.3) is 0 Å². The van der Waals surface area contributed by atoms with Gasteiger partial charge in [0.2, 0.25) is 5.91 Å². The summed E-state index contributed by atoms with van der Waals surface area (Å²) >= 11 is 0. The zero-order valence-electron chi connectivity index (χ0n) is 12.2. The van der Waals surface area contributed by atoms with Crippen LogP contribution in [0.15, 0.2) is 30.3 Å². The second-order valence-corrected chi connectivity index (χ2v) is 5.35. The van der Waals surface area contributed by atoms with Crippen LogP contribution >= 0.6 is 0 Å². The quantitative estimate of drug-likeness (QED) is 0.774. The first-order valence-corrected chi connectivity index (χ1v) is 7.38. The Hall–Kier alpha value is -1.55. The summed E-state index contributed by atoms with van der Waals surface area (Å²) in [6, 6.07) is 9.92. The number of likely N-dealkylation sites (tertiary alicyclic amines) is 1. The number of hydrogen-bond acceptors (Lipinski definition) is 3. The highest BCUT2D eigenvalue weighted by Crippen LogP contribution is 2.19. The fourth-order valence-corrected chi connectivity index (χ4v) is 2.64. The molecular formula is C16H24N2O2. The molecule has 20 heavy (non-hydrogen) atoms. The Bertz CT molecular complexity index is 408. The minimum absolute atomic E-state index is 0.157. The van der Waals surface area contributed by atoms with E-state index in [0.717, 1.165) is 44.8 Å².